The van der Waals surface area contributed by atoms with E-state index in [0.29, 0.717) is 18.4 Å². The molecule has 6 heteroatoms. The van der Waals surface area contributed by atoms with Gasteiger partial charge in [0.05, 0.1) is 0 Å². The van der Waals surface area contributed by atoms with E-state index in [1.54, 1.807) is 51.1 Å². The third-order valence-electron chi connectivity index (χ3n) is 3.77. The first kappa shape index (κ1) is 18.0. The number of amides is 1. The summed E-state index contributed by atoms with van der Waals surface area (Å²) in [6.07, 6.45) is 1.10. The summed E-state index contributed by atoms with van der Waals surface area (Å²) < 4.78 is 10.3. The third-order valence-corrected chi connectivity index (χ3v) is 3.77. The zero-order valence-corrected chi connectivity index (χ0v) is 14.3. The van der Waals surface area contributed by atoms with Gasteiger partial charge in [-0.2, -0.15) is 0 Å². The van der Waals surface area contributed by atoms with Gasteiger partial charge in [0.1, 0.15) is 11.1 Å². The van der Waals surface area contributed by atoms with Gasteiger partial charge in [-0.3, -0.25) is 4.79 Å². The number of ketones is 1. The number of carbonyl (C=O) groups is 3. The molecule has 1 aliphatic rings. The van der Waals surface area contributed by atoms with Gasteiger partial charge in [0, 0.05) is 5.56 Å². The fourth-order valence-corrected chi connectivity index (χ4v) is 2.39. The van der Waals surface area contributed by atoms with Crippen LogP contribution in [0.3, 0.4) is 0 Å². The predicted molar refractivity (Wildman–Crippen MR) is 87.7 cm³/mol. The zero-order valence-electron chi connectivity index (χ0n) is 14.3. The van der Waals surface area contributed by atoms with Gasteiger partial charge < -0.3 is 14.8 Å². The average Bonchev–Trinajstić information content (AvgIpc) is 2.47. The van der Waals surface area contributed by atoms with E-state index in [1.165, 1.54) is 0 Å². The first-order valence-electron chi connectivity index (χ1n) is 7.98. The number of benzene rings is 1. The fraction of sp³-hybridized carbons (Fsp3) is 0.500. The lowest BCUT2D eigenvalue weighted by Gasteiger charge is -2.39. The van der Waals surface area contributed by atoms with E-state index in [-0.39, 0.29) is 12.4 Å². The molecule has 0 heterocycles. The summed E-state index contributed by atoms with van der Waals surface area (Å²) in [6, 6.07) is 8.61. The highest BCUT2D eigenvalue weighted by molar-refractivity contribution is 5.98. The molecular formula is C18H23NO5. The molecule has 2 rings (SSSR count). The molecule has 1 aromatic rings. The highest BCUT2D eigenvalue weighted by Gasteiger charge is 2.48. The van der Waals surface area contributed by atoms with Crippen molar-refractivity contribution in [3.63, 3.8) is 0 Å². The quantitative estimate of drug-likeness (QED) is 0.662. The van der Waals surface area contributed by atoms with Gasteiger partial charge in [-0.15, -0.1) is 0 Å². The predicted octanol–water partition coefficient (Wildman–Crippen LogP) is 2.86. The maximum absolute atomic E-state index is 12.3. The standard InChI is InChI=1S/C18H23NO5/c1-17(2,3)24-16(22)19-18(10-7-11-18)15(21)23-12-14(20)13-8-5-4-6-9-13/h4-6,8-9H,7,10-12H2,1-3H3,(H,19,22). The normalized spacial score (nSPS) is 15.8. The minimum Gasteiger partial charge on any atom is -0.456 e. The van der Waals surface area contributed by atoms with Crippen LogP contribution in [-0.2, 0) is 14.3 Å². The van der Waals surface area contributed by atoms with Crippen molar-refractivity contribution >= 4 is 17.8 Å². The van der Waals surface area contributed by atoms with Gasteiger partial charge in [-0.05, 0) is 40.0 Å². The van der Waals surface area contributed by atoms with E-state index in [9.17, 15) is 14.4 Å². The Morgan fingerprint density at radius 2 is 1.75 bits per heavy atom. The molecule has 0 radical (unpaired) electrons. The molecule has 130 valence electrons. The summed E-state index contributed by atoms with van der Waals surface area (Å²) in [7, 11) is 0. The molecule has 0 atom stereocenters. The Morgan fingerprint density at radius 3 is 2.25 bits per heavy atom. The molecule has 1 aliphatic carbocycles. The molecule has 0 unspecified atom stereocenters. The van der Waals surface area contributed by atoms with Crippen molar-refractivity contribution in [1.82, 2.24) is 5.32 Å². The van der Waals surface area contributed by atoms with Crippen LogP contribution in [-0.4, -0.2) is 35.6 Å². The van der Waals surface area contributed by atoms with Crippen LogP contribution < -0.4 is 5.32 Å². The van der Waals surface area contributed by atoms with Crippen LogP contribution in [0.5, 0.6) is 0 Å². The van der Waals surface area contributed by atoms with Crippen molar-refractivity contribution in [2.24, 2.45) is 0 Å². The lowest BCUT2D eigenvalue weighted by molar-refractivity contribution is -0.154. The Hall–Kier alpha value is -2.37. The molecule has 1 amide bonds. The van der Waals surface area contributed by atoms with Crippen LogP contribution >= 0.6 is 0 Å². The molecule has 1 saturated carbocycles. The van der Waals surface area contributed by atoms with E-state index in [4.69, 9.17) is 9.47 Å². The first-order chi connectivity index (χ1) is 11.2. The molecule has 1 N–H and O–H groups in total. The largest absolute Gasteiger partial charge is 0.456 e. The van der Waals surface area contributed by atoms with Gasteiger partial charge >= 0.3 is 12.1 Å². The monoisotopic (exact) mass is 333 g/mol. The van der Waals surface area contributed by atoms with Crippen LogP contribution in [0.25, 0.3) is 0 Å². The maximum atomic E-state index is 12.3. The number of Topliss-reactive ketones (excluding diaryl/α,β-unsaturated/α-hetero) is 1. The number of ether oxygens (including phenoxy) is 2. The number of hydrogen-bond acceptors (Lipinski definition) is 5. The van der Waals surface area contributed by atoms with Crippen molar-refractivity contribution in [2.45, 2.75) is 51.2 Å². The zero-order chi connectivity index (χ0) is 17.8. The molecule has 0 aromatic heterocycles. The van der Waals surface area contributed by atoms with Gasteiger partial charge in [-0.25, -0.2) is 9.59 Å². The molecule has 0 bridgehead atoms. The molecule has 1 fully saturated rings. The molecule has 24 heavy (non-hydrogen) atoms. The van der Waals surface area contributed by atoms with E-state index in [0.717, 1.165) is 6.42 Å². The number of carbonyl (C=O) groups excluding carboxylic acids is 3. The molecule has 6 nitrogen and oxygen atoms in total. The van der Waals surface area contributed by atoms with Crippen molar-refractivity contribution in [2.75, 3.05) is 6.61 Å². The number of rotatable bonds is 5. The molecule has 1 aromatic carbocycles. The highest BCUT2D eigenvalue weighted by Crippen LogP contribution is 2.33. The summed E-state index contributed by atoms with van der Waals surface area (Å²) in [5.74, 6) is -0.875. The summed E-state index contributed by atoms with van der Waals surface area (Å²) >= 11 is 0. The molecular weight excluding hydrogens is 310 g/mol. The van der Waals surface area contributed by atoms with Crippen molar-refractivity contribution in [3.05, 3.63) is 35.9 Å². The van der Waals surface area contributed by atoms with Crippen molar-refractivity contribution in [3.8, 4) is 0 Å². The molecule has 0 saturated heterocycles. The molecule has 0 spiro atoms. The Morgan fingerprint density at radius 1 is 1.12 bits per heavy atom. The Labute approximate surface area is 141 Å². The molecule has 0 aliphatic heterocycles. The van der Waals surface area contributed by atoms with Crippen LogP contribution in [0.2, 0.25) is 0 Å². The Bertz CT molecular complexity index is 614. The van der Waals surface area contributed by atoms with Gasteiger partial charge in [0.2, 0.25) is 0 Å². The lowest BCUT2D eigenvalue weighted by atomic mass is 9.77. The third kappa shape index (κ3) is 4.57. The minimum absolute atomic E-state index is 0.282. The SMILES string of the molecule is CC(C)(C)OC(=O)NC1(C(=O)OCC(=O)c2ccccc2)CCC1. The Balaban J connectivity index is 1.91. The van der Waals surface area contributed by atoms with Gasteiger partial charge in [0.25, 0.3) is 0 Å². The number of alkyl carbamates (subject to hydrolysis) is 1. The van der Waals surface area contributed by atoms with Crippen LogP contribution in [0, 0.1) is 0 Å². The topological polar surface area (TPSA) is 81.7 Å². The summed E-state index contributed by atoms with van der Waals surface area (Å²) in [5.41, 5.74) is -1.25. The summed E-state index contributed by atoms with van der Waals surface area (Å²) in [4.78, 5) is 36.3. The van der Waals surface area contributed by atoms with E-state index >= 15 is 0 Å². The maximum Gasteiger partial charge on any atom is 0.408 e. The average molecular weight is 333 g/mol. The van der Waals surface area contributed by atoms with Crippen LogP contribution in [0.1, 0.15) is 50.4 Å². The van der Waals surface area contributed by atoms with Crippen LogP contribution in [0.15, 0.2) is 30.3 Å². The summed E-state index contributed by atoms with van der Waals surface area (Å²) in [6.45, 7) is 4.89. The first-order valence-corrected chi connectivity index (χ1v) is 7.98. The van der Waals surface area contributed by atoms with Crippen molar-refractivity contribution < 1.29 is 23.9 Å². The van der Waals surface area contributed by atoms with E-state index in [2.05, 4.69) is 5.32 Å². The van der Waals surface area contributed by atoms with E-state index < -0.39 is 23.2 Å². The number of hydrogen-bond donors (Lipinski definition) is 1. The van der Waals surface area contributed by atoms with Gasteiger partial charge in [0.15, 0.2) is 12.4 Å². The van der Waals surface area contributed by atoms with Crippen molar-refractivity contribution in [1.29, 1.82) is 0 Å². The Kier molecular flexibility index (Phi) is 5.26. The summed E-state index contributed by atoms with van der Waals surface area (Å²) in [5, 5.41) is 2.60. The fourth-order valence-electron chi connectivity index (χ4n) is 2.39. The second kappa shape index (κ2) is 7.03. The number of nitrogens with one attached hydrogen (secondary N) is 1. The van der Waals surface area contributed by atoms with Gasteiger partial charge in [-0.1, -0.05) is 30.3 Å². The smallest absolute Gasteiger partial charge is 0.408 e. The number of esters is 1. The highest BCUT2D eigenvalue weighted by atomic mass is 16.6. The van der Waals surface area contributed by atoms with Crippen LogP contribution in [0.4, 0.5) is 4.79 Å². The van der Waals surface area contributed by atoms with E-state index in [1.807, 2.05) is 0 Å². The minimum atomic E-state index is -1.08. The second-order valence-electron chi connectivity index (χ2n) is 6.93. The lowest BCUT2D eigenvalue weighted by Crippen LogP contribution is -2.60. The second-order valence-corrected chi connectivity index (χ2v) is 6.93.